The highest BCUT2D eigenvalue weighted by molar-refractivity contribution is 7.66. The Morgan fingerprint density at radius 3 is 1.18 bits per heavy atom. The van der Waals surface area contributed by atoms with Gasteiger partial charge in [-0.1, -0.05) is 140 Å². The summed E-state index contributed by atoms with van der Waals surface area (Å²) in [6.07, 6.45) is 0. The zero-order chi connectivity index (χ0) is 37.6. The summed E-state index contributed by atoms with van der Waals surface area (Å²) in [5.41, 5.74) is 8.92. The van der Waals surface area contributed by atoms with Crippen molar-refractivity contribution in [2.75, 3.05) is 0 Å². The summed E-state index contributed by atoms with van der Waals surface area (Å²) in [5.74, 6) is 0. The highest BCUT2D eigenvalue weighted by atomic mass is 31.2. The lowest BCUT2D eigenvalue weighted by atomic mass is 9.72. The topological polar surface area (TPSA) is 60.7 Å². The van der Waals surface area contributed by atoms with Gasteiger partial charge in [0.05, 0.1) is 0 Å². The molecule has 266 valence electrons. The molecule has 0 saturated carbocycles. The highest BCUT2D eigenvalue weighted by Gasteiger charge is 2.43. The van der Waals surface area contributed by atoms with Crippen LogP contribution in [0, 0.1) is 0 Å². The van der Waals surface area contributed by atoms with Crippen LogP contribution in [-0.4, -0.2) is 14.7 Å². The molecule has 5 aromatic rings. The van der Waals surface area contributed by atoms with Gasteiger partial charge in [-0.25, -0.2) is 0 Å². The lowest BCUT2D eigenvalue weighted by Gasteiger charge is -2.33. The van der Waals surface area contributed by atoms with Crippen LogP contribution in [0.4, 0.5) is 0 Å². The fourth-order valence-electron chi connectivity index (χ4n) is 7.30. The van der Waals surface area contributed by atoms with Gasteiger partial charge in [0, 0.05) is 5.56 Å². The molecule has 0 atom stereocenters. The molecule has 0 aliphatic heterocycles. The number of hydrogen-bond acceptors (Lipinski definition) is 3. The summed E-state index contributed by atoms with van der Waals surface area (Å²) >= 11 is 0. The van der Waals surface area contributed by atoms with E-state index in [9.17, 15) is 14.7 Å². The van der Waals surface area contributed by atoms with Gasteiger partial charge < -0.3 is 0 Å². The average molecular weight is 692 g/mol. The van der Waals surface area contributed by atoms with E-state index < -0.39 is 13.4 Å². The fraction of sp³-hybridized carbons (Fsp3) is 0.435. The van der Waals surface area contributed by atoms with Crippen LogP contribution in [0.25, 0.3) is 43.8 Å². The second-order valence-electron chi connectivity index (χ2n) is 19.6. The number of hydrogen-bond donors (Lipinski definition) is 3. The predicted molar refractivity (Wildman–Crippen MR) is 219 cm³/mol. The van der Waals surface area contributed by atoms with E-state index in [4.69, 9.17) is 0 Å². The third-order valence-electron chi connectivity index (χ3n) is 10.1. The molecule has 0 bridgehead atoms. The van der Waals surface area contributed by atoms with Crippen LogP contribution >= 0.6 is 7.94 Å². The minimum Gasteiger partial charge on any atom is -0.189 e. The van der Waals surface area contributed by atoms with Gasteiger partial charge in [-0.05, 0) is 130 Å². The van der Waals surface area contributed by atoms with E-state index in [2.05, 4.69) is 165 Å². The molecule has 0 amide bonds. The largest absolute Gasteiger partial charge is 0.441 e. The smallest absolute Gasteiger partial charge is 0.189 e. The summed E-state index contributed by atoms with van der Waals surface area (Å²) in [6.45, 7) is 33.3. The van der Waals surface area contributed by atoms with Crippen molar-refractivity contribution in [1.82, 2.24) is 0 Å². The molecular weight excluding hydrogens is 631 g/mol. The quantitative estimate of drug-likeness (QED) is 0.165. The monoisotopic (exact) mass is 691 g/mol. The summed E-state index contributed by atoms with van der Waals surface area (Å²) in [6, 6.07) is 26.6. The van der Waals surface area contributed by atoms with Gasteiger partial charge in [0.2, 0.25) is 0 Å². The molecule has 0 radical (unpaired) electrons. The van der Waals surface area contributed by atoms with E-state index in [0.29, 0.717) is 0 Å². The van der Waals surface area contributed by atoms with Crippen LogP contribution in [0.1, 0.15) is 132 Å². The highest BCUT2D eigenvalue weighted by Crippen LogP contribution is 2.53. The van der Waals surface area contributed by atoms with Gasteiger partial charge in [-0.2, -0.15) is 14.7 Å². The molecule has 50 heavy (non-hydrogen) atoms. The summed E-state index contributed by atoms with van der Waals surface area (Å²) in [7, 11) is -4.40. The SMILES string of the molecule is CC(C)(C)c1ccc2cc(-c3ccc([P+](O)(O)O)c(C(C)(C)C)c3-c3cc4ccc(C(C)(C)C)cc4cc3C(C)(C)C)c(C(C)(C)C)cc2c1. The van der Waals surface area contributed by atoms with E-state index >= 15 is 0 Å². The van der Waals surface area contributed by atoms with Gasteiger partial charge in [-0.3, -0.25) is 0 Å². The van der Waals surface area contributed by atoms with Crippen LogP contribution in [0.5, 0.6) is 0 Å². The Hall–Kier alpha value is -3.07. The van der Waals surface area contributed by atoms with Crippen molar-refractivity contribution in [2.45, 2.75) is 131 Å². The van der Waals surface area contributed by atoms with Crippen molar-refractivity contribution in [1.29, 1.82) is 0 Å². The molecule has 0 aliphatic rings. The second-order valence-corrected chi connectivity index (χ2v) is 21.2. The van der Waals surface area contributed by atoms with E-state index in [1.54, 1.807) is 6.07 Å². The molecule has 0 saturated heterocycles. The van der Waals surface area contributed by atoms with Gasteiger partial charge in [0.1, 0.15) is 0 Å². The lowest BCUT2D eigenvalue weighted by Crippen LogP contribution is -2.27. The van der Waals surface area contributed by atoms with Crippen LogP contribution < -0.4 is 5.30 Å². The van der Waals surface area contributed by atoms with E-state index in [-0.39, 0.29) is 27.0 Å². The van der Waals surface area contributed by atoms with Gasteiger partial charge in [-0.15, -0.1) is 0 Å². The molecule has 0 aliphatic carbocycles. The molecule has 5 rings (SSSR count). The van der Waals surface area contributed by atoms with Crippen molar-refractivity contribution in [3.8, 4) is 22.3 Å². The maximum Gasteiger partial charge on any atom is 0.441 e. The molecular formula is C46H60O3P+. The maximum absolute atomic E-state index is 11.0. The van der Waals surface area contributed by atoms with Crippen molar-refractivity contribution in [3.63, 3.8) is 0 Å². The first kappa shape index (κ1) is 38.2. The number of benzene rings is 5. The fourth-order valence-corrected chi connectivity index (χ4v) is 8.33. The summed E-state index contributed by atoms with van der Waals surface area (Å²) < 4.78 is 0. The third-order valence-corrected chi connectivity index (χ3v) is 11.1. The molecule has 4 heteroatoms. The molecule has 3 nitrogen and oxygen atoms in total. The van der Waals surface area contributed by atoms with E-state index in [1.807, 2.05) is 6.07 Å². The standard InChI is InChI=1S/C46H60O3P/c1-42(2,3)32-18-16-28-24-35(37(44(7,8)9)26-30(28)22-32)34-20-21-39(50(47,48)49)41(46(13,14)15)40(34)36-25-29-17-19-33(43(4,5)6)23-31(29)27-38(36)45(10,11)12/h16-27,47-49H,1-15H3/q+1. The molecule has 0 heterocycles. The molecule has 0 aromatic heterocycles. The van der Waals surface area contributed by atoms with Crippen molar-refractivity contribution in [3.05, 3.63) is 101 Å². The third kappa shape index (κ3) is 7.44. The normalized spacial score (nSPS) is 13.8. The first-order valence-electron chi connectivity index (χ1n) is 18.0. The van der Waals surface area contributed by atoms with Crippen molar-refractivity contribution >= 4 is 34.8 Å². The number of fused-ring (bicyclic) bond motifs is 2. The van der Waals surface area contributed by atoms with Crippen molar-refractivity contribution in [2.24, 2.45) is 0 Å². The molecule has 3 N–H and O–H groups in total. The average Bonchev–Trinajstić information content (AvgIpc) is 2.95. The Bertz CT molecular complexity index is 2090. The van der Waals surface area contributed by atoms with Crippen LogP contribution in [0.2, 0.25) is 0 Å². The van der Waals surface area contributed by atoms with Crippen molar-refractivity contribution < 1.29 is 14.7 Å². The molecule has 5 aromatic carbocycles. The Labute approximate surface area is 302 Å². The molecule has 0 unspecified atom stereocenters. The second kappa shape index (κ2) is 12.3. The minimum atomic E-state index is -4.40. The zero-order valence-corrected chi connectivity index (χ0v) is 34.1. The zero-order valence-electron chi connectivity index (χ0n) is 33.2. The number of rotatable bonds is 3. The minimum absolute atomic E-state index is 0.0131. The van der Waals surface area contributed by atoms with Crippen LogP contribution in [0.15, 0.2) is 72.8 Å². The van der Waals surface area contributed by atoms with E-state index in [0.717, 1.165) is 38.6 Å². The Balaban J connectivity index is 2.02. The van der Waals surface area contributed by atoms with Gasteiger partial charge >= 0.3 is 7.94 Å². The lowest BCUT2D eigenvalue weighted by molar-refractivity contribution is 0.346. The summed E-state index contributed by atoms with van der Waals surface area (Å²) in [5, 5.41) is 4.89. The Morgan fingerprint density at radius 2 is 0.800 bits per heavy atom. The van der Waals surface area contributed by atoms with Gasteiger partial charge in [0.15, 0.2) is 5.30 Å². The van der Waals surface area contributed by atoms with Crippen LogP contribution in [-0.2, 0) is 27.1 Å². The first-order chi connectivity index (χ1) is 22.6. The van der Waals surface area contributed by atoms with Gasteiger partial charge in [0.25, 0.3) is 0 Å². The summed E-state index contributed by atoms with van der Waals surface area (Å²) in [4.78, 5) is 33.0. The maximum atomic E-state index is 11.0. The van der Waals surface area contributed by atoms with Crippen LogP contribution in [0.3, 0.4) is 0 Å². The molecule has 0 spiro atoms. The first-order valence-corrected chi connectivity index (χ1v) is 19.7. The van der Waals surface area contributed by atoms with E-state index in [1.165, 1.54) is 33.0 Å². The molecule has 0 fully saturated rings. The predicted octanol–water partition coefficient (Wildman–Crippen LogP) is 12.2. The Morgan fingerprint density at radius 1 is 0.380 bits per heavy atom. The Kier molecular flexibility index (Phi) is 9.37.